The number of amides is 1. The Morgan fingerprint density at radius 2 is 1.74 bits per heavy atom. The largest absolute Gasteiger partial charge is 0.463 e. The van der Waals surface area contributed by atoms with Crippen LogP contribution in [0.25, 0.3) is 0 Å². The molecule has 1 N–H and O–H groups in total. The summed E-state index contributed by atoms with van der Waals surface area (Å²) >= 11 is 0. The third-order valence-electron chi connectivity index (χ3n) is 9.00. The number of methoxy groups -OCH3 is 1. The van der Waals surface area contributed by atoms with E-state index in [-0.39, 0.29) is 42.9 Å². The van der Waals surface area contributed by atoms with Gasteiger partial charge in [0.05, 0.1) is 24.4 Å². The highest BCUT2D eigenvalue weighted by molar-refractivity contribution is 6.04. The van der Waals surface area contributed by atoms with E-state index in [1.807, 2.05) is 39.9 Å². The van der Waals surface area contributed by atoms with Crippen molar-refractivity contribution in [3.05, 3.63) is 0 Å². The molecular weight excluding hydrogens is 542 g/mol. The van der Waals surface area contributed by atoms with Crippen molar-refractivity contribution in [3.8, 4) is 0 Å². The molecule has 0 radical (unpaired) electrons. The quantitative estimate of drug-likeness (QED) is 0.381. The van der Waals surface area contributed by atoms with Crippen LogP contribution in [0.1, 0.15) is 67.7 Å². The Hall–Kier alpha value is -1.63. The lowest BCUT2D eigenvalue weighted by Gasteiger charge is -2.47. The number of hydrogen-bond donors (Lipinski definition) is 1. The van der Waals surface area contributed by atoms with Crippen LogP contribution in [0.4, 0.5) is 0 Å². The summed E-state index contributed by atoms with van der Waals surface area (Å²) < 4.78 is 24.4. The van der Waals surface area contributed by atoms with E-state index in [1.54, 1.807) is 32.8 Å². The van der Waals surface area contributed by atoms with Crippen LogP contribution in [-0.2, 0) is 33.3 Å². The normalized spacial score (nSPS) is 36.9. The fraction of sp³-hybridized carbons (Fsp3) is 0.903. The van der Waals surface area contributed by atoms with E-state index in [9.17, 15) is 19.5 Å². The van der Waals surface area contributed by atoms with Crippen molar-refractivity contribution < 1.29 is 38.4 Å². The maximum Gasteiger partial charge on any atom is 0.319 e. The Balaban J connectivity index is 2.49. The number of ether oxygens (including phenoxy) is 4. The summed E-state index contributed by atoms with van der Waals surface area (Å²) in [5.74, 6) is -1.76. The van der Waals surface area contributed by atoms with Crippen molar-refractivity contribution in [3.63, 3.8) is 0 Å². The van der Waals surface area contributed by atoms with Gasteiger partial charge in [-0.25, -0.2) is 0 Å². The molecule has 11 heteroatoms. The van der Waals surface area contributed by atoms with Crippen molar-refractivity contribution in [1.82, 2.24) is 14.7 Å². The molecule has 0 aromatic rings. The van der Waals surface area contributed by atoms with Crippen LogP contribution in [-0.4, -0.2) is 135 Å². The topological polar surface area (TPSA) is 118 Å². The summed E-state index contributed by atoms with van der Waals surface area (Å²) in [4.78, 5) is 45.4. The van der Waals surface area contributed by atoms with E-state index in [0.717, 1.165) is 19.5 Å². The fourth-order valence-corrected chi connectivity index (χ4v) is 6.48. The van der Waals surface area contributed by atoms with Crippen LogP contribution < -0.4 is 0 Å². The minimum atomic E-state index is -1.48. The Bertz CT molecular complexity index is 915. The number of carbonyl (C=O) groups excluding carboxylic acids is 3. The molecule has 0 aliphatic carbocycles. The van der Waals surface area contributed by atoms with E-state index in [2.05, 4.69) is 11.8 Å². The number of likely N-dealkylation sites (N-methyl/N-ethyl adjacent to an activating group) is 1. The summed E-state index contributed by atoms with van der Waals surface area (Å²) in [5, 5.41) is 11.3. The molecule has 0 aromatic heterocycles. The molecule has 2 saturated heterocycles. The molecule has 2 aliphatic rings. The molecule has 0 unspecified atom stereocenters. The molecule has 244 valence electrons. The average Bonchev–Trinajstić information content (AvgIpc) is 2.90. The molecule has 2 heterocycles. The number of hydrogen-bond acceptors (Lipinski definition) is 10. The monoisotopic (exact) mass is 599 g/mol. The highest BCUT2D eigenvalue weighted by atomic mass is 16.7. The lowest BCUT2D eigenvalue weighted by atomic mass is 9.74. The standard InChI is InChI=1S/C31H57N3O8/c1-20-18-31(7,39-11)27(42-28-25(36)24(32(8)9)17-21(2)41-28)22(3)26(37)30(5,6)29(38)40-16-15-34(23(4)35)14-12-13-33(10)19-20/h20-22,24-25,27-28,36H,12-19H2,1-11H3/t20-,21-,22+,24+,25-,27-,28+,31-/m1/s1. The maximum absolute atomic E-state index is 14.1. The fourth-order valence-electron chi connectivity index (χ4n) is 6.48. The first-order valence-corrected chi connectivity index (χ1v) is 15.3. The van der Waals surface area contributed by atoms with Gasteiger partial charge in [0.25, 0.3) is 0 Å². The number of cyclic esters (lactones) is 1. The van der Waals surface area contributed by atoms with Gasteiger partial charge in [-0.15, -0.1) is 0 Å². The van der Waals surface area contributed by atoms with Crippen LogP contribution in [0.15, 0.2) is 0 Å². The van der Waals surface area contributed by atoms with Crippen molar-refractivity contribution in [2.45, 2.75) is 104 Å². The predicted octanol–water partition coefficient (Wildman–Crippen LogP) is 2.19. The second-order valence-corrected chi connectivity index (χ2v) is 13.5. The SMILES string of the molecule is CO[C@]1(C)C[C@@H](C)CN(C)CCCN(C(C)=O)CCOC(=O)C(C)(C)C(=O)[C@H](C)[C@H]1O[C@@H]1O[C@H](C)C[C@H](N(C)C)[C@H]1O. The Morgan fingerprint density at radius 1 is 1.10 bits per heavy atom. The number of Topliss-reactive ketones (excluding diaryl/α,β-unsaturated/α-hetero) is 1. The highest BCUT2D eigenvalue weighted by Crippen LogP contribution is 2.38. The lowest BCUT2D eigenvalue weighted by Crippen LogP contribution is -2.59. The average molecular weight is 600 g/mol. The first kappa shape index (κ1) is 36.6. The second kappa shape index (κ2) is 15.4. The summed E-state index contributed by atoms with van der Waals surface area (Å²) in [7, 11) is 7.47. The predicted molar refractivity (Wildman–Crippen MR) is 160 cm³/mol. The van der Waals surface area contributed by atoms with Crippen molar-refractivity contribution in [2.24, 2.45) is 17.3 Å². The number of carbonyl (C=O) groups is 3. The molecule has 0 bridgehead atoms. The van der Waals surface area contributed by atoms with Crippen LogP contribution in [0, 0.1) is 17.3 Å². The first-order valence-electron chi connectivity index (χ1n) is 15.3. The molecule has 0 aromatic carbocycles. The van der Waals surface area contributed by atoms with Crippen LogP contribution in [0.3, 0.4) is 0 Å². The van der Waals surface area contributed by atoms with Crippen molar-refractivity contribution in [1.29, 1.82) is 0 Å². The van der Waals surface area contributed by atoms with Gasteiger partial charge < -0.3 is 38.8 Å². The highest BCUT2D eigenvalue weighted by Gasteiger charge is 2.51. The number of esters is 1. The van der Waals surface area contributed by atoms with Crippen molar-refractivity contribution >= 4 is 17.7 Å². The number of aliphatic hydroxyl groups excluding tert-OH is 1. The van der Waals surface area contributed by atoms with Crippen LogP contribution in [0.5, 0.6) is 0 Å². The van der Waals surface area contributed by atoms with Crippen molar-refractivity contribution in [2.75, 3.05) is 61.0 Å². The number of rotatable bonds is 4. The van der Waals surface area contributed by atoms with E-state index in [0.29, 0.717) is 19.4 Å². The summed E-state index contributed by atoms with van der Waals surface area (Å²) in [6.45, 7) is 14.7. The molecule has 2 fully saturated rings. The first-order chi connectivity index (χ1) is 19.4. The van der Waals surface area contributed by atoms with E-state index in [4.69, 9.17) is 18.9 Å². The zero-order chi connectivity index (χ0) is 32.0. The summed E-state index contributed by atoms with van der Waals surface area (Å²) in [5.41, 5.74) is -2.44. The van der Waals surface area contributed by atoms with Gasteiger partial charge in [0.1, 0.15) is 18.1 Å². The van der Waals surface area contributed by atoms with Gasteiger partial charge in [-0.05, 0) is 80.6 Å². The van der Waals surface area contributed by atoms with E-state index >= 15 is 0 Å². The maximum atomic E-state index is 14.1. The minimum absolute atomic E-state index is 0.00197. The van der Waals surface area contributed by atoms with Gasteiger partial charge in [0, 0.05) is 39.1 Å². The Labute approximate surface area is 253 Å². The molecule has 8 atom stereocenters. The van der Waals surface area contributed by atoms with E-state index < -0.39 is 41.4 Å². The summed E-state index contributed by atoms with van der Waals surface area (Å²) in [6.07, 6.45) is -0.993. The molecule has 42 heavy (non-hydrogen) atoms. The minimum Gasteiger partial charge on any atom is -0.463 e. The zero-order valence-electron chi connectivity index (χ0n) is 27.8. The van der Waals surface area contributed by atoms with Gasteiger partial charge in [0.15, 0.2) is 12.1 Å². The molecule has 0 spiro atoms. The molecular formula is C31H57N3O8. The molecule has 2 rings (SSSR count). The zero-order valence-corrected chi connectivity index (χ0v) is 27.8. The number of aliphatic hydroxyl groups is 1. The smallest absolute Gasteiger partial charge is 0.319 e. The lowest BCUT2D eigenvalue weighted by molar-refractivity contribution is -0.295. The van der Waals surface area contributed by atoms with Crippen LogP contribution in [0.2, 0.25) is 0 Å². The van der Waals surface area contributed by atoms with Gasteiger partial charge in [0.2, 0.25) is 5.91 Å². The van der Waals surface area contributed by atoms with Gasteiger partial charge >= 0.3 is 5.97 Å². The third-order valence-corrected chi connectivity index (χ3v) is 9.00. The number of nitrogens with zero attached hydrogens (tertiary/aromatic N) is 3. The number of ketones is 1. The Morgan fingerprint density at radius 3 is 2.31 bits per heavy atom. The molecule has 2 aliphatic heterocycles. The molecule has 1 amide bonds. The van der Waals surface area contributed by atoms with Gasteiger partial charge in [-0.3, -0.25) is 14.4 Å². The second-order valence-electron chi connectivity index (χ2n) is 13.5. The summed E-state index contributed by atoms with van der Waals surface area (Å²) in [6, 6.07) is -0.192. The molecule has 0 saturated carbocycles. The van der Waals surface area contributed by atoms with Gasteiger partial charge in [-0.2, -0.15) is 0 Å². The van der Waals surface area contributed by atoms with Gasteiger partial charge in [-0.1, -0.05) is 13.8 Å². The molecule has 11 nitrogen and oxygen atoms in total. The van der Waals surface area contributed by atoms with E-state index in [1.165, 1.54) is 6.92 Å². The Kier molecular flexibility index (Phi) is 13.4. The third kappa shape index (κ3) is 9.19. The van der Waals surface area contributed by atoms with Crippen LogP contribution >= 0.6 is 0 Å².